The highest BCUT2D eigenvalue weighted by atomic mass is 19.1. The summed E-state index contributed by atoms with van der Waals surface area (Å²) in [5.74, 6) is -1.47. The van der Waals surface area contributed by atoms with Crippen molar-refractivity contribution in [2.24, 2.45) is 5.92 Å². The van der Waals surface area contributed by atoms with E-state index in [0.717, 1.165) is 12.8 Å². The van der Waals surface area contributed by atoms with Gasteiger partial charge in [0.1, 0.15) is 17.9 Å². The van der Waals surface area contributed by atoms with Crippen LogP contribution in [0.15, 0.2) is 18.2 Å². The number of imide groups is 1. The van der Waals surface area contributed by atoms with Gasteiger partial charge in [-0.3, -0.25) is 14.9 Å². The highest BCUT2D eigenvalue weighted by Gasteiger charge is 2.30. The molecule has 1 aromatic carbocycles. The number of piperidine rings is 2. The minimum atomic E-state index is -0.799. The molecule has 24 heavy (non-hydrogen) atoms. The van der Waals surface area contributed by atoms with Crippen LogP contribution in [-0.4, -0.2) is 37.3 Å². The molecule has 0 bridgehead atoms. The van der Waals surface area contributed by atoms with Gasteiger partial charge in [-0.25, -0.2) is 4.39 Å². The fourth-order valence-electron chi connectivity index (χ4n) is 3.21. The Morgan fingerprint density at radius 3 is 2.79 bits per heavy atom. The number of benzene rings is 1. The lowest BCUT2D eigenvalue weighted by Gasteiger charge is -2.29. The SMILES string of the molecule is O=CC1CCNCC1c1ccc(OC2CCC(=O)NC2=O)cc1F. The van der Waals surface area contributed by atoms with Crippen LogP contribution in [0.4, 0.5) is 4.39 Å². The summed E-state index contributed by atoms with van der Waals surface area (Å²) in [5.41, 5.74) is 0.468. The fourth-order valence-corrected chi connectivity index (χ4v) is 3.21. The summed E-state index contributed by atoms with van der Waals surface area (Å²) in [6.45, 7) is 1.30. The zero-order valence-electron chi connectivity index (χ0n) is 13.1. The zero-order chi connectivity index (χ0) is 17.1. The van der Waals surface area contributed by atoms with Crippen molar-refractivity contribution in [3.05, 3.63) is 29.6 Å². The van der Waals surface area contributed by atoms with E-state index in [0.29, 0.717) is 18.5 Å². The molecule has 7 heteroatoms. The van der Waals surface area contributed by atoms with Crippen LogP contribution in [0.5, 0.6) is 5.75 Å². The number of ether oxygens (including phenoxy) is 1. The van der Waals surface area contributed by atoms with E-state index in [1.807, 2.05) is 0 Å². The minimum absolute atomic E-state index is 0.200. The summed E-state index contributed by atoms with van der Waals surface area (Å²) < 4.78 is 20.0. The average Bonchev–Trinajstić information content (AvgIpc) is 2.58. The Bertz CT molecular complexity index is 664. The van der Waals surface area contributed by atoms with Gasteiger partial charge in [-0.05, 0) is 24.6 Å². The van der Waals surface area contributed by atoms with Crippen LogP contribution in [0.2, 0.25) is 0 Å². The molecule has 0 spiro atoms. The van der Waals surface area contributed by atoms with Gasteiger partial charge in [-0.2, -0.15) is 0 Å². The van der Waals surface area contributed by atoms with Crippen LogP contribution in [0.1, 0.15) is 30.7 Å². The largest absolute Gasteiger partial charge is 0.480 e. The number of hydrogen-bond acceptors (Lipinski definition) is 5. The summed E-state index contributed by atoms with van der Waals surface area (Å²) >= 11 is 0. The maximum atomic E-state index is 14.5. The molecule has 3 unspecified atom stereocenters. The van der Waals surface area contributed by atoms with E-state index in [4.69, 9.17) is 4.74 Å². The summed E-state index contributed by atoms with van der Waals surface area (Å²) in [6, 6.07) is 4.43. The molecule has 0 aromatic heterocycles. The van der Waals surface area contributed by atoms with E-state index in [2.05, 4.69) is 10.6 Å². The summed E-state index contributed by atoms with van der Waals surface area (Å²) in [6.07, 6.45) is 1.24. The van der Waals surface area contributed by atoms with E-state index in [1.54, 1.807) is 12.1 Å². The van der Waals surface area contributed by atoms with Crippen LogP contribution >= 0.6 is 0 Å². The highest BCUT2D eigenvalue weighted by molar-refractivity contribution is 5.99. The second-order valence-electron chi connectivity index (χ2n) is 6.14. The number of hydrogen-bond donors (Lipinski definition) is 2. The maximum Gasteiger partial charge on any atom is 0.267 e. The lowest BCUT2D eigenvalue weighted by molar-refractivity contribution is -0.138. The number of nitrogens with one attached hydrogen (secondary N) is 2. The van der Waals surface area contributed by atoms with Crippen molar-refractivity contribution >= 4 is 18.1 Å². The van der Waals surface area contributed by atoms with Crippen LogP contribution < -0.4 is 15.4 Å². The van der Waals surface area contributed by atoms with Gasteiger partial charge >= 0.3 is 0 Å². The van der Waals surface area contributed by atoms with Crippen LogP contribution in [0.25, 0.3) is 0 Å². The molecule has 2 aliphatic rings. The third kappa shape index (κ3) is 3.46. The minimum Gasteiger partial charge on any atom is -0.480 e. The first-order chi connectivity index (χ1) is 11.6. The molecule has 128 valence electrons. The number of amides is 2. The molecule has 3 rings (SSSR count). The predicted octanol–water partition coefficient (Wildman–Crippen LogP) is 0.902. The predicted molar refractivity (Wildman–Crippen MR) is 83.0 cm³/mol. The molecule has 3 atom stereocenters. The summed E-state index contributed by atoms with van der Waals surface area (Å²) in [4.78, 5) is 34.0. The maximum absolute atomic E-state index is 14.5. The van der Waals surface area contributed by atoms with Gasteiger partial charge in [-0.1, -0.05) is 6.07 Å². The average molecular weight is 334 g/mol. The molecule has 2 saturated heterocycles. The van der Waals surface area contributed by atoms with Crippen molar-refractivity contribution in [1.29, 1.82) is 0 Å². The molecule has 2 fully saturated rings. The summed E-state index contributed by atoms with van der Waals surface area (Å²) in [7, 11) is 0. The smallest absolute Gasteiger partial charge is 0.267 e. The molecule has 2 aliphatic heterocycles. The molecule has 0 radical (unpaired) electrons. The van der Waals surface area contributed by atoms with Gasteiger partial charge in [0.25, 0.3) is 5.91 Å². The van der Waals surface area contributed by atoms with Gasteiger partial charge in [0.15, 0.2) is 6.10 Å². The molecule has 6 nitrogen and oxygen atoms in total. The molecule has 0 aliphatic carbocycles. The van der Waals surface area contributed by atoms with Crippen LogP contribution in [0.3, 0.4) is 0 Å². The van der Waals surface area contributed by atoms with E-state index < -0.39 is 17.8 Å². The van der Waals surface area contributed by atoms with Gasteiger partial charge in [0.05, 0.1) is 0 Å². The van der Waals surface area contributed by atoms with E-state index in [1.165, 1.54) is 6.07 Å². The quantitative estimate of drug-likeness (QED) is 0.631. The number of carbonyl (C=O) groups excluding carboxylic acids is 3. The van der Waals surface area contributed by atoms with Crippen LogP contribution in [0, 0.1) is 11.7 Å². The topological polar surface area (TPSA) is 84.5 Å². The fraction of sp³-hybridized carbons (Fsp3) is 0.471. The lowest BCUT2D eigenvalue weighted by atomic mass is 9.82. The van der Waals surface area contributed by atoms with Crippen molar-refractivity contribution in [2.75, 3.05) is 13.1 Å². The molecule has 2 heterocycles. The van der Waals surface area contributed by atoms with Crippen molar-refractivity contribution in [3.8, 4) is 5.75 Å². The van der Waals surface area contributed by atoms with E-state index in [-0.39, 0.29) is 36.3 Å². The lowest BCUT2D eigenvalue weighted by Crippen LogP contribution is -2.46. The number of aldehydes is 1. The highest BCUT2D eigenvalue weighted by Crippen LogP contribution is 2.32. The van der Waals surface area contributed by atoms with Crippen molar-refractivity contribution in [2.45, 2.75) is 31.3 Å². The second-order valence-corrected chi connectivity index (χ2v) is 6.14. The number of halogens is 1. The first kappa shape index (κ1) is 16.6. The third-order valence-electron chi connectivity index (χ3n) is 4.55. The van der Waals surface area contributed by atoms with Gasteiger partial charge in [0.2, 0.25) is 5.91 Å². The molecule has 2 N–H and O–H groups in total. The van der Waals surface area contributed by atoms with E-state index in [9.17, 15) is 18.8 Å². The first-order valence-electron chi connectivity index (χ1n) is 8.04. The Balaban J connectivity index is 1.73. The summed E-state index contributed by atoms with van der Waals surface area (Å²) in [5, 5.41) is 5.37. The Morgan fingerprint density at radius 2 is 2.08 bits per heavy atom. The van der Waals surface area contributed by atoms with Crippen molar-refractivity contribution < 1.29 is 23.5 Å². The number of rotatable bonds is 4. The monoisotopic (exact) mass is 334 g/mol. The number of carbonyl (C=O) groups is 3. The van der Waals surface area contributed by atoms with Gasteiger partial charge in [0, 0.05) is 37.3 Å². The Kier molecular flexibility index (Phi) is 4.89. The molecule has 1 aromatic rings. The molecule has 2 amide bonds. The van der Waals surface area contributed by atoms with E-state index >= 15 is 0 Å². The van der Waals surface area contributed by atoms with Gasteiger partial charge in [-0.15, -0.1) is 0 Å². The molecular weight excluding hydrogens is 315 g/mol. The van der Waals surface area contributed by atoms with Crippen LogP contribution in [-0.2, 0) is 14.4 Å². The first-order valence-corrected chi connectivity index (χ1v) is 8.04. The third-order valence-corrected chi connectivity index (χ3v) is 4.55. The van der Waals surface area contributed by atoms with Gasteiger partial charge < -0.3 is 14.8 Å². The standard InChI is InChI=1S/C17H19FN2O4/c18-14-7-11(24-15-3-4-16(22)20-17(15)23)1-2-12(14)13-8-19-6-5-10(13)9-21/h1-2,7,9-10,13,15,19H,3-6,8H2,(H,20,22,23). The molecular formula is C17H19FN2O4. The zero-order valence-corrected chi connectivity index (χ0v) is 13.1. The Morgan fingerprint density at radius 1 is 1.25 bits per heavy atom. The Hall–Kier alpha value is -2.28. The molecule has 0 saturated carbocycles. The Labute approximate surface area is 138 Å². The van der Waals surface area contributed by atoms with Crippen molar-refractivity contribution in [1.82, 2.24) is 10.6 Å². The van der Waals surface area contributed by atoms with Crippen molar-refractivity contribution in [3.63, 3.8) is 0 Å². The second kappa shape index (κ2) is 7.09. The normalized spacial score (nSPS) is 27.5.